The molecule has 0 atom stereocenters. The van der Waals surface area contributed by atoms with Crippen LogP contribution in [-0.2, 0) is 0 Å². The third kappa shape index (κ3) is 3.49. The normalized spacial score (nSPS) is 20.2. The maximum absolute atomic E-state index is 6.10. The molecular formula is C13H18Cl2N2. The number of pyridine rings is 1. The quantitative estimate of drug-likeness (QED) is 0.839. The van der Waals surface area contributed by atoms with Gasteiger partial charge in [-0.15, -0.1) is 0 Å². The van der Waals surface area contributed by atoms with Gasteiger partial charge < -0.3 is 5.32 Å². The summed E-state index contributed by atoms with van der Waals surface area (Å²) in [5, 5.41) is 4.59. The fourth-order valence-electron chi connectivity index (χ4n) is 2.26. The molecule has 0 unspecified atom stereocenters. The summed E-state index contributed by atoms with van der Waals surface area (Å²) >= 11 is 11.9. The van der Waals surface area contributed by atoms with Crippen LogP contribution in [0.25, 0.3) is 0 Å². The second-order valence-electron chi connectivity index (χ2n) is 5.57. The molecule has 2 nitrogen and oxygen atoms in total. The van der Waals surface area contributed by atoms with Gasteiger partial charge in [-0.1, -0.05) is 37.0 Å². The first kappa shape index (κ1) is 13.0. The number of nitrogens with one attached hydrogen (secondary N) is 1. The SMILES string of the molecule is CC1(C)CCC(Nc2ncc(Cl)cc2Cl)CC1. The van der Waals surface area contributed by atoms with Gasteiger partial charge >= 0.3 is 0 Å². The Labute approximate surface area is 113 Å². The topological polar surface area (TPSA) is 24.9 Å². The van der Waals surface area contributed by atoms with Gasteiger partial charge in [0.25, 0.3) is 0 Å². The molecule has 1 fully saturated rings. The average Bonchev–Trinajstić information content (AvgIpc) is 2.25. The number of halogens is 2. The molecule has 94 valence electrons. The van der Waals surface area contributed by atoms with E-state index in [1.165, 1.54) is 25.7 Å². The van der Waals surface area contributed by atoms with Gasteiger partial charge in [0, 0.05) is 12.2 Å². The van der Waals surface area contributed by atoms with Gasteiger partial charge in [-0.2, -0.15) is 0 Å². The standard InChI is InChI=1S/C13H18Cl2N2/c1-13(2)5-3-10(4-6-13)17-12-11(15)7-9(14)8-16-12/h7-8,10H,3-6H2,1-2H3,(H,16,17). The van der Waals surface area contributed by atoms with Crippen molar-refractivity contribution in [3.05, 3.63) is 22.3 Å². The van der Waals surface area contributed by atoms with Gasteiger partial charge in [0.05, 0.1) is 10.0 Å². The van der Waals surface area contributed by atoms with Crippen molar-refractivity contribution in [3.63, 3.8) is 0 Å². The summed E-state index contributed by atoms with van der Waals surface area (Å²) in [4.78, 5) is 4.23. The smallest absolute Gasteiger partial charge is 0.145 e. The molecule has 4 heteroatoms. The van der Waals surface area contributed by atoms with Crippen LogP contribution >= 0.6 is 23.2 Å². The lowest BCUT2D eigenvalue weighted by molar-refractivity contribution is 0.232. The van der Waals surface area contributed by atoms with Crippen LogP contribution in [0.5, 0.6) is 0 Å². The summed E-state index contributed by atoms with van der Waals surface area (Å²) in [5.41, 5.74) is 0.482. The van der Waals surface area contributed by atoms with E-state index in [1.54, 1.807) is 12.3 Å². The fraction of sp³-hybridized carbons (Fsp3) is 0.615. The maximum Gasteiger partial charge on any atom is 0.145 e. The molecule has 0 radical (unpaired) electrons. The van der Waals surface area contributed by atoms with Gasteiger partial charge in [0.2, 0.25) is 0 Å². The summed E-state index contributed by atoms with van der Waals surface area (Å²) in [6.45, 7) is 4.66. The largest absolute Gasteiger partial charge is 0.366 e. The summed E-state index contributed by atoms with van der Waals surface area (Å²) in [5.74, 6) is 0.751. The van der Waals surface area contributed by atoms with Crippen LogP contribution in [0.1, 0.15) is 39.5 Å². The summed E-state index contributed by atoms with van der Waals surface area (Å²) in [7, 11) is 0. The zero-order chi connectivity index (χ0) is 12.5. The third-order valence-corrected chi connectivity index (χ3v) is 3.98. The van der Waals surface area contributed by atoms with E-state index in [1.807, 2.05) is 0 Å². The predicted molar refractivity (Wildman–Crippen MR) is 73.9 cm³/mol. The Bertz CT molecular complexity index is 394. The number of aromatic nitrogens is 1. The average molecular weight is 273 g/mol. The van der Waals surface area contributed by atoms with Crippen molar-refractivity contribution in [1.82, 2.24) is 4.98 Å². The Morgan fingerprint density at radius 2 is 1.94 bits per heavy atom. The van der Waals surface area contributed by atoms with Crippen molar-refractivity contribution in [2.45, 2.75) is 45.6 Å². The molecule has 1 N–H and O–H groups in total. The molecular weight excluding hydrogens is 255 g/mol. The Kier molecular flexibility index (Phi) is 3.84. The molecule has 0 amide bonds. The van der Waals surface area contributed by atoms with Crippen LogP contribution in [0.2, 0.25) is 10.0 Å². The van der Waals surface area contributed by atoms with Gasteiger partial charge in [0.15, 0.2) is 0 Å². The molecule has 0 bridgehead atoms. The van der Waals surface area contributed by atoms with E-state index < -0.39 is 0 Å². The second kappa shape index (κ2) is 5.03. The maximum atomic E-state index is 6.10. The zero-order valence-electron chi connectivity index (χ0n) is 10.3. The van der Waals surface area contributed by atoms with Crippen LogP contribution in [-0.4, -0.2) is 11.0 Å². The monoisotopic (exact) mass is 272 g/mol. The van der Waals surface area contributed by atoms with Crippen LogP contribution in [0.4, 0.5) is 5.82 Å². The third-order valence-electron chi connectivity index (χ3n) is 3.49. The van der Waals surface area contributed by atoms with Crippen molar-refractivity contribution in [3.8, 4) is 0 Å². The first-order chi connectivity index (χ1) is 7.96. The number of hydrogen-bond acceptors (Lipinski definition) is 2. The lowest BCUT2D eigenvalue weighted by atomic mass is 9.75. The molecule has 0 spiro atoms. The highest BCUT2D eigenvalue weighted by atomic mass is 35.5. The Hall–Kier alpha value is -0.470. The Balaban J connectivity index is 1.98. The molecule has 0 saturated heterocycles. The van der Waals surface area contributed by atoms with E-state index in [0.717, 1.165) is 5.82 Å². The highest BCUT2D eigenvalue weighted by molar-refractivity contribution is 6.35. The molecule has 2 rings (SSSR count). The molecule has 1 aliphatic rings. The van der Waals surface area contributed by atoms with Crippen molar-refractivity contribution >= 4 is 29.0 Å². The van der Waals surface area contributed by atoms with E-state index in [9.17, 15) is 0 Å². The summed E-state index contributed by atoms with van der Waals surface area (Å²) in [6, 6.07) is 2.21. The predicted octanol–water partition coefficient (Wildman–Crippen LogP) is 4.77. The van der Waals surface area contributed by atoms with Crippen molar-refractivity contribution in [2.24, 2.45) is 5.41 Å². The fourth-order valence-corrected chi connectivity index (χ4v) is 2.69. The number of rotatable bonds is 2. The van der Waals surface area contributed by atoms with Crippen molar-refractivity contribution < 1.29 is 0 Å². The molecule has 1 aliphatic carbocycles. The molecule has 1 saturated carbocycles. The highest BCUT2D eigenvalue weighted by Gasteiger charge is 2.27. The minimum atomic E-state index is 0.481. The zero-order valence-corrected chi connectivity index (χ0v) is 11.8. The van der Waals surface area contributed by atoms with Crippen LogP contribution in [0.15, 0.2) is 12.3 Å². The van der Waals surface area contributed by atoms with Gasteiger partial charge in [0.1, 0.15) is 5.82 Å². The number of nitrogens with zero attached hydrogens (tertiary/aromatic N) is 1. The Morgan fingerprint density at radius 3 is 2.53 bits per heavy atom. The van der Waals surface area contributed by atoms with Crippen molar-refractivity contribution in [2.75, 3.05) is 5.32 Å². The van der Waals surface area contributed by atoms with Crippen LogP contribution < -0.4 is 5.32 Å². The molecule has 0 aromatic carbocycles. The highest BCUT2D eigenvalue weighted by Crippen LogP contribution is 2.36. The van der Waals surface area contributed by atoms with E-state index in [4.69, 9.17) is 23.2 Å². The number of hydrogen-bond donors (Lipinski definition) is 1. The van der Waals surface area contributed by atoms with Gasteiger partial charge in [-0.25, -0.2) is 4.98 Å². The minimum absolute atomic E-state index is 0.481. The number of anilines is 1. The minimum Gasteiger partial charge on any atom is -0.366 e. The van der Waals surface area contributed by atoms with Gasteiger partial charge in [-0.3, -0.25) is 0 Å². The molecule has 0 aliphatic heterocycles. The first-order valence-corrected chi connectivity index (χ1v) is 6.79. The summed E-state index contributed by atoms with van der Waals surface area (Å²) in [6.07, 6.45) is 6.47. The first-order valence-electron chi connectivity index (χ1n) is 6.04. The van der Waals surface area contributed by atoms with E-state index in [0.29, 0.717) is 21.5 Å². The van der Waals surface area contributed by atoms with E-state index in [2.05, 4.69) is 24.1 Å². The molecule has 1 heterocycles. The Morgan fingerprint density at radius 1 is 1.29 bits per heavy atom. The van der Waals surface area contributed by atoms with E-state index >= 15 is 0 Å². The molecule has 17 heavy (non-hydrogen) atoms. The second-order valence-corrected chi connectivity index (χ2v) is 6.41. The van der Waals surface area contributed by atoms with Crippen LogP contribution in [0, 0.1) is 5.41 Å². The van der Waals surface area contributed by atoms with E-state index in [-0.39, 0.29) is 0 Å². The lowest BCUT2D eigenvalue weighted by Crippen LogP contribution is -2.30. The summed E-state index contributed by atoms with van der Waals surface area (Å²) < 4.78 is 0. The molecule has 1 aromatic rings. The lowest BCUT2D eigenvalue weighted by Gasteiger charge is -2.34. The van der Waals surface area contributed by atoms with Gasteiger partial charge in [-0.05, 0) is 37.2 Å². The molecule has 1 aromatic heterocycles. The van der Waals surface area contributed by atoms with Crippen LogP contribution in [0.3, 0.4) is 0 Å². The van der Waals surface area contributed by atoms with Crippen molar-refractivity contribution in [1.29, 1.82) is 0 Å².